The number of carbonyl (C=O) groups is 1. The Bertz CT molecular complexity index is 730. The molecule has 23 heavy (non-hydrogen) atoms. The molecule has 0 aliphatic carbocycles. The zero-order valence-electron chi connectivity index (χ0n) is 13.8. The van der Waals surface area contributed by atoms with Gasteiger partial charge in [0.15, 0.2) is 0 Å². The Morgan fingerprint density at radius 1 is 1.00 bits per heavy atom. The number of rotatable bonds is 1. The van der Waals surface area contributed by atoms with Gasteiger partial charge in [-0.2, -0.15) is 0 Å². The van der Waals surface area contributed by atoms with Crippen LogP contribution in [0.4, 0.5) is 10.5 Å². The number of hydrogen-bond donors (Lipinski definition) is 1. The van der Waals surface area contributed by atoms with Gasteiger partial charge in [0.1, 0.15) is 5.60 Å². The van der Waals surface area contributed by atoms with Crippen LogP contribution in [0, 0.1) is 0 Å². The number of nitrogen functional groups attached to an aromatic ring is 1. The maximum atomic E-state index is 12.2. The molecule has 0 radical (unpaired) electrons. The lowest BCUT2D eigenvalue weighted by atomic mass is 10.0. The number of ether oxygens (including phenoxy) is 1. The largest absolute Gasteiger partial charge is 0.444 e. The van der Waals surface area contributed by atoms with Crippen molar-refractivity contribution in [1.29, 1.82) is 0 Å². The molecule has 2 aromatic rings. The fourth-order valence-corrected chi connectivity index (χ4v) is 2.71. The highest BCUT2D eigenvalue weighted by molar-refractivity contribution is 5.71. The van der Waals surface area contributed by atoms with E-state index in [9.17, 15) is 4.79 Å². The fourth-order valence-electron chi connectivity index (χ4n) is 2.71. The predicted octanol–water partition coefficient (Wildman–Crippen LogP) is 4.19. The lowest BCUT2D eigenvalue weighted by molar-refractivity contribution is 0.0242. The molecule has 0 spiro atoms. The molecule has 4 nitrogen and oxygen atoms in total. The third-order valence-electron chi connectivity index (χ3n) is 3.82. The lowest BCUT2D eigenvalue weighted by Crippen LogP contribution is -2.33. The summed E-state index contributed by atoms with van der Waals surface area (Å²) in [5.41, 5.74) is 10.6. The fraction of sp³-hybridized carbons (Fsp3) is 0.316. The molecule has 0 saturated heterocycles. The van der Waals surface area contributed by atoms with Crippen LogP contribution in [0.1, 0.15) is 31.9 Å². The van der Waals surface area contributed by atoms with Crippen molar-refractivity contribution in [3.8, 4) is 11.1 Å². The summed E-state index contributed by atoms with van der Waals surface area (Å²) in [7, 11) is 0. The number of hydrogen-bond acceptors (Lipinski definition) is 3. The molecule has 0 aromatic heterocycles. The minimum absolute atomic E-state index is 0.261. The van der Waals surface area contributed by atoms with Crippen molar-refractivity contribution in [3.05, 3.63) is 53.6 Å². The van der Waals surface area contributed by atoms with E-state index in [1.54, 1.807) is 4.90 Å². The third-order valence-corrected chi connectivity index (χ3v) is 3.82. The van der Waals surface area contributed by atoms with E-state index < -0.39 is 5.60 Å². The van der Waals surface area contributed by atoms with E-state index in [1.807, 2.05) is 45.0 Å². The molecule has 0 saturated carbocycles. The molecule has 1 aliphatic rings. The number of carbonyl (C=O) groups excluding carboxylic acids is 1. The first kappa shape index (κ1) is 15.4. The minimum atomic E-state index is -0.471. The van der Waals surface area contributed by atoms with Gasteiger partial charge in [0, 0.05) is 18.8 Å². The Hall–Kier alpha value is -2.49. The van der Waals surface area contributed by atoms with Crippen molar-refractivity contribution < 1.29 is 9.53 Å². The summed E-state index contributed by atoms with van der Waals surface area (Å²) >= 11 is 0. The van der Waals surface area contributed by atoms with E-state index in [4.69, 9.17) is 10.5 Å². The summed E-state index contributed by atoms with van der Waals surface area (Å²) in [5.74, 6) is 0. The molecule has 0 fully saturated rings. The molecule has 4 heteroatoms. The summed E-state index contributed by atoms with van der Waals surface area (Å²) in [6.45, 7) is 6.84. The monoisotopic (exact) mass is 310 g/mol. The summed E-state index contributed by atoms with van der Waals surface area (Å²) in [5, 5.41) is 0. The second-order valence-electron chi connectivity index (χ2n) is 6.94. The normalized spacial score (nSPS) is 13.8. The molecule has 3 rings (SSSR count). The van der Waals surface area contributed by atoms with Gasteiger partial charge >= 0.3 is 6.09 Å². The van der Waals surface area contributed by atoms with Crippen molar-refractivity contribution in [2.45, 2.75) is 39.5 Å². The van der Waals surface area contributed by atoms with E-state index in [0.717, 1.165) is 16.8 Å². The van der Waals surface area contributed by atoms with Gasteiger partial charge in [-0.1, -0.05) is 24.3 Å². The average molecular weight is 310 g/mol. The predicted molar refractivity (Wildman–Crippen MR) is 91.8 cm³/mol. The Morgan fingerprint density at radius 2 is 1.61 bits per heavy atom. The Balaban J connectivity index is 1.78. The summed E-state index contributed by atoms with van der Waals surface area (Å²) < 4.78 is 5.45. The topological polar surface area (TPSA) is 55.6 Å². The maximum absolute atomic E-state index is 12.2. The van der Waals surface area contributed by atoms with Crippen LogP contribution in [0.5, 0.6) is 0 Å². The van der Waals surface area contributed by atoms with E-state index in [-0.39, 0.29) is 6.09 Å². The molecule has 1 amide bonds. The van der Waals surface area contributed by atoms with E-state index >= 15 is 0 Å². The average Bonchev–Trinajstić information content (AvgIpc) is 2.89. The number of benzene rings is 2. The quantitative estimate of drug-likeness (QED) is 0.804. The van der Waals surface area contributed by atoms with Crippen molar-refractivity contribution in [2.75, 3.05) is 5.73 Å². The van der Waals surface area contributed by atoms with Crippen LogP contribution in [-0.2, 0) is 17.8 Å². The summed E-state index contributed by atoms with van der Waals surface area (Å²) in [6.07, 6.45) is -0.261. The van der Waals surface area contributed by atoms with Crippen LogP contribution < -0.4 is 5.73 Å². The van der Waals surface area contributed by atoms with Gasteiger partial charge in [0.05, 0.1) is 0 Å². The van der Waals surface area contributed by atoms with Crippen LogP contribution >= 0.6 is 0 Å². The Morgan fingerprint density at radius 3 is 2.26 bits per heavy atom. The van der Waals surface area contributed by atoms with Crippen LogP contribution in [-0.4, -0.2) is 16.6 Å². The lowest BCUT2D eigenvalue weighted by Gasteiger charge is -2.24. The molecule has 1 aliphatic heterocycles. The zero-order chi connectivity index (χ0) is 16.6. The van der Waals surface area contributed by atoms with Gasteiger partial charge in [0.25, 0.3) is 0 Å². The molecular weight excluding hydrogens is 288 g/mol. The molecule has 2 aromatic carbocycles. The van der Waals surface area contributed by atoms with Crippen LogP contribution in [0.3, 0.4) is 0 Å². The molecule has 0 atom stereocenters. The molecule has 0 bridgehead atoms. The van der Waals surface area contributed by atoms with Gasteiger partial charge < -0.3 is 10.5 Å². The number of nitrogens with two attached hydrogens (primary N) is 1. The number of amides is 1. The Kier molecular flexibility index (Phi) is 3.76. The smallest absolute Gasteiger partial charge is 0.410 e. The van der Waals surface area contributed by atoms with Crippen molar-refractivity contribution in [3.63, 3.8) is 0 Å². The van der Waals surface area contributed by atoms with Crippen molar-refractivity contribution in [2.24, 2.45) is 0 Å². The van der Waals surface area contributed by atoms with Gasteiger partial charge in [-0.25, -0.2) is 4.79 Å². The minimum Gasteiger partial charge on any atom is -0.444 e. The first-order valence-electron chi connectivity index (χ1n) is 7.77. The molecule has 1 heterocycles. The highest BCUT2D eigenvalue weighted by Crippen LogP contribution is 2.29. The van der Waals surface area contributed by atoms with Crippen molar-refractivity contribution >= 4 is 11.8 Å². The van der Waals surface area contributed by atoms with Gasteiger partial charge in [0.2, 0.25) is 0 Å². The summed E-state index contributed by atoms with van der Waals surface area (Å²) in [4.78, 5) is 14.0. The SMILES string of the molecule is CC(C)(C)OC(=O)N1Cc2ccc(-c3ccc(N)cc3)cc2C1. The van der Waals surface area contributed by atoms with Gasteiger partial charge in [-0.3, -0.25) is 4.90 Å². The molecule has 0 unspecified atom stereocenters. The number of nitrogens with zero attached hydrogens (tertiary/aromatic N) is 1. The van der Waals surface area contributed by atoms with E-state index in [2.05, 4.69) is 18.2 Å². The van der Waals surface area contributed by atoms with E-state index in [1.165, 1.54) is 11.1 Å². The molecule has 2 N–H and O–H groups in total. The van der Waals surface area contributed by atoms with Crippen LogP contribution in [0.15, 0.2) is 42.5 Å². The van der Waals surface area contributed by atoms with Gasteiger partial charge in [-0.15, -0.1) is 0 Å². The highest BCUT2D eigenvalue weighted by atomic mass is 16.6. The molecule has 120 valence electrons. The second-order valence-corrected chi connectivity index (χ2v) is 6.94. The Labute approximate surface area is 136 Å². The second kappa shape index (κ2) is 5.61. The third kappa shape index (κ3) is 3.47. The first-order chi connectivity index (χ1) is 10.8. The standard InChI is InChI=1S/C19H22N2O2/c1-19(2,3)23-18(22)21-11-15-5-4-14(10-16(15)12-21)13-6-8-17(20)9-7-13/h4-10H,11-12,20H2,1-3H3. The first-order valence-corrected chi connectivity index (χ1v) is 7.77. The van der Waals surface area contributed by atoms with Gasteiger partial charge in [-0.05, 0) is 61.2 Å². The summed E-state index contributed by atoms with van der Waals surface area (Å²) in [6, 6.07) is 14.1. The maximum Gasteiger partial charge on any atom is 0.410 e. The van der Waals surface area contributed by atoms with Crippen LogP contribution in [0.25, 0.3) is 11.1 Å². The highest BCUT2D eigenvalue weighted by Gasteiger charge is 2.27. The van der Waals surface area contributed by atoms with Crippen molar-refractivity contribution in [1.82, 2.24) is 4.90 Å². The zero-order valence-corrected chi connectivity index (χ0v) is 13.8. The number of anilines is 1. The molecular formula is C19H22N2O2. The van der Waals surface area contributed by atoms with Crippen LogP contribution in [0.2, 0.25) is 0 Å². The van der Waals surface area contributed by atoms with E-state index in [0.29, 0.717) is 13.1 Å². The number of fused-ring (bicyclic) bond motifs is 1.